The molecule has 0 aromatic carbocycles. The van der Waals surface area contributed by atoms with E-state index < -0.39 is 0 Å². The minimum Gasteiger partial charge on any atom is -0.374 e. The normalized spacial score (nSPS) is 24.6. The molecular formula is C11H14N4O2S2. The Bertz CT molecular complexity index is 513. The Labute approximate surface area is 118 Å². The van der Waals surface area contributed by atoms with Crippen LogP contribution in [0.4, 0.5) is 5.13 Å². The average Bonchev–Trinajstić information content (AvgIpc) is 3.04. The van der Waals surface area contributed by atoms with Crippen LogP contribution in [0.2, 0.25) is 0 Å². The van der Waals surface area contributed by atoms with Gasteiger partial charge in [0.1, 0.15) is 0 Å². The van der Waals surface area contributed by atoms with E-state index in [-0.39, 0.29) is 29.5 Å². The van der Waals surface area contributed by atoms with Crippen molar-refractivity contribution >= 4 is 40.0 Å². The summed E-state index contributed by atoms with van der Waals surface area (Å²) < 4.78 is 0.650. The highest BCUT2D eigenvalue weighted by Gasteiger charge is 2.43. The van der Waals surface area contributed by atoms with Gasteiger partial charge in [-0.25, -0.2) is 0 Å². The van der Waals surface area contributed by atoms with E-state index in [4.69, 9.17) is 5.73 Å². The third-order valence-corrected chi connectivity index (χ3v) is 5.52. The van der Waals surface area contributed by atoms with Crippen LogP contribution in [0, 0.1) is 0 Å². The van der Waals surface area contributed by atoms with E-state index in [1.807, 2.05) is 0 Å². The maximum Gasteiger partial charge on any atom is 0.243 e. The molecule has 102 valence electrons. The molecule has 0 radical (unpaired) electrons. The molecule has 3 rings (SSSR count). The number of hydrogen-bond donors (Lipinski definition) is 1. The number of nitrogens with two attached hydrogens (primary N) is 1. The van der Waals surface area contributed by atoms with Crippen LogP contribution < -0.4 is 5.73 Å². The fourth-order valence-corrected chi connectivity index (χ4v) is 4.56. The van der Waals surface area contributed by atoms with E-state index >= 15 is 0 Å². The second kappa shape index (κ2) is 5.09. The Morgan fingerprint density at radius 3 is 2.63 bits per heavy atom. The fourth-order valence-electron chi connectivity index (χ4n) is 2.65. The summed E-state index contributed by atoms with van der Waals surface area (Å²) in [7, 11) is 0. The van der Waals surface area contributed by atoms with Crippen molar-refractivity contribution in [1.29, 1.82) is 0 Å². The number of likely N-dealkylation sites (tertiary alicyclic amines) is 1. The summed E-state index contributed by atoms with van der Waals surface area (Å²) in [5.74, 6) is -0.123. The van der Waals surface area contributed by atoms with Crippen molar-refractivity contribution in [3.05, 3.63) is 0 Å². The van der Waals surface area contributed by atoms with Gasteiger partial charge >= 0.3 is 0 Å². The maximum absolute atomic E-state index is 12.3. The molecule has 19 heavy (non-hydrogen) atoms. The molecule has 8 heteroatoms. The van der Waals surface area contributed by atoms with Crippen LogP contribution in [0.1, 0.15) is 32.1 Å². The highest BCUT2D eigenvalue weighted by Crippen LogP contribution is 2.36. The first-order valence-corrected chi connectivity index (χ1v) is 7.96. The van der Waals surface area contributed by atoms with Gasteiger partial charge in [-0.2, -0.15) is 0 Å². The number of carbonyl (C=O) groups is 2. The van der Waals surface area contributed by atoms with Crippen LogP contribution >= 0.6 is 23.1 Å². The van der Waals surface area contributed by atoms with E-state index in [0.29, 0.717) is 9.47 Å². The van der Waals surface area contributed by atoms with Gasteiger partial charge in [-0.15, -0.1) is 10.2 Å². The number of aromatic nitrogens is 2. The molecule has 0 spiro atoms. The van der Waals surface area contributed by atoms with Crippen molar-refractivity contribution in [3.63, 3.8) is 0 Å². The Morgan fingerprint density at radius 1 is 1.26 bits per heavy atom. The van der Waals surface area contributed by atoms with Crippen molar-refractivity contribution in [2.45, 2.75) is 47.7 Å². The zero-order valence-corrected chi connectivity index (χ0v) is 11.9. The van der Waals surface area contributed by atoms with Crippen molar-refractivity contribution in [2.75, 3.05) is 5.73 Å². The molecule has 1 aromatic rings. The van der Waals surface area contributed by atoms with Crippen molar-refractivity contribution in [2.24, 2.45) is 0 Å². The highest BCUT2D eigenvalue weighted by molar-refractivity contribution is 8.02. The molecule has 2 N–H and O–H groups in total. The van der Waals surface area contributed by atoms with Gasteiger partial charge in [0.25, 0.3) is 0 Å². The first-order valence-electron chi connectivity index (χ1n) is 6.26. The van der Waals surface area contributed by atoms with Gasteiger partial charge in [0.05, 0.1) is 5.25 Å². The minimum absolute atomic E-state index is 0.0492. The number of carbonyl (C=O) groups excluding carboxylic acids is 2. The minimum atomic E-state index is -0.361. The number of hydrogen-bond acceptors (Lipinski definition) is 7. The van der Waals surface area contributed by atoms with E-state index in [0.717, 1.165) is 25.7 Å². The zero-order chi connectivity index (χ0) is 13.4. The predicted molar refractivity (Wildman–Crippen MR) is 72.7 cm³/mol. The second-order valence-corrected chi connectivity index (χ2v) is 7.22. The molecule has 1 atom stereocenters. The Hall–Kier alpha value is -1.15. The van der Waals surface area contributed by atoms with E-state index in [2.05, 4.69) is 10.2 Å². The number of thioether (sulfide) groups is 1. The molecule has 1 aromatic heterocycles. The summed E-state index contributed by atoms with van der Waals surface area (Å²) in [5.41, 5.74) is 5.51. The summed E-state index contributed by atoms with van der Waals surface area (Å²) in [6, 6.07) is 0.116. The number of rotatable bonds is 3. The molecule has 2 heterocycles. The van der Waals surface area contributed by atoms with Gasteiger partial charge in [0.15, 0.2) is 4.34 Å². The summed E-state index contributed by atoms with van der Waals surface area (Å²) in [6.07, 6.45) is 4.36. The molecule has 1 aliphatic carbocycles. The zero-order valence-electron chi connectivity index (χ0n) is 10.2. The summed E-state index contributed by atoms with van der Waals surface area (Å²) >= 11 is 2.55. The van der Waals surface area contributed by atoms with E-state index in [1.165, 1.54) is 28.0 Å². The molecule has 2 fully saturated rings. The lowest BCUT2D eigenvalue weighted by Crippen LogP contribution is -2.39. The average molecular weight is 298 g/mol. The predicted octanol–water partition coefficient (Wildman–Crippen LogP) is 1.28. The largest absolute Gasteiger partial charge is 0.374 e. The first kappa shape index (κ1) is 12.9. The molecule has 6 nitrogen and oxygen atoms in total. The van der Waals surface area contributed by atoms with E-state index in [1.54, 1.807) is 0 Å². The Morgan fingerprint density at radius 2 is 2.00 bits per heavy atom. The Kier molecular flexibility index (Phi) is 3.44. The van der Waals surface area contributed by atoms with Gasteiger partial charge in [-0.3, -0.25) is 14.5 Å². The molecular weight excluding hydrogens is 284 g/mol. The molecule has 2 aliphatic rings. The molecule has 2 amide bonds. The lowest BCUT2D eigenvalue weighted by molar-refractivity contribution is -0.140. The van der Waals surface area contributed by atoms with Gasteiger partial charge in [0.2, 0.25) is 16.9 Å². The van der Waals surface area contributed by atoms with Crippen molar-refractivity contribution < 1.29 is 9.59 Å². The van der Waals surface area contributed by atoms with Crippen LogP contribution in [0.15, 0.2) is 4.34 Å². The van der Waals surface area contributed by atoms with Gasteiger partial charge in [-0.05, 0) is 12.8 Å². The smallest absolute Gasteiger partial charge is 0.243 e. The first-order chi connectivity index (χ1) is 9.15. The lowest BCUT2D eigenvalue weighted by Gasteiger charge is -2.21. The quantitative estimate of drug-likeness (QED) is 0.846. The third kappa shape index (κ3) is 2.46. The second-order valence-electron chi connectivity index (χ2n) is 4.76. The molecule has 1 saturated carbocycles. The Balaban J connectivity index is 1.71. The summed E-state index contributed by atoms with van der Waals surface area (Å²) in [4.78, 5) is 25.8. The standard InChI is InChI=1S/C11H14N4O2S2/c12-10-13-14-11(19-10)18-7-5-8(16)15(9(7)17)6-3-1-2-4-6/h6-7H,1-5H2,(H2,12,13). The molecule has 1 aliphatic heterocycles. The maximum atomic E-state index is 12.3. The number of nitrogen functional groups attached to an aromatic ring is 1. The highest BCUT2D eigenvalue weighted by atomic mass is 32.2. The van der Waals surface area contributed by atoms with E-state index in [9.17, 15) is 9.59 Å². The molecule has 0 bridgehead atoms. The van der Waals surface area contributed by atoms with Crippen LogP contribution in [-0.2, 0) is 9.59 Å². The number of anilines is 1. The van der Waals surface area contributed by atoms with Gasteiger partial charge in [-0.1, -0.05) is 35.9 Å². The SMILES string of the molecule is Nc1nnc(SC2CC(=O)N(C3CCCC3)C2=O)s1. The van der Waals surface area contributed by atoms with Crippen molar-refractivity contribution in [1.82, 2.24) is 15.1 Å². The summed E-state index contributed by atoms with van der Waals surface area (Å²) in [5, 5.41) is 7.62. The number of nitrogens with zero attached hydrogens (tertiary/aromatic N) is 3. The molecule has 1 saturated heterocycles. The van der Waals surface area contributed by atoms with Crippen LogP contribution in [0.25, 0.3) is 0 Å². The summed E-state index contributed by atoms with van der Waals surface area (Å²) in [6.45, 7) is 0. The third-order valence-electron chi connectivity index (χ3n) is 3.50. The molecule has 1 unspecified atom stereocenters. The lowest BCUT2D eigenvalue weighted by atomic mass is 10.2. The van der Waals surface area contributed by atoms with Crippen LogP contribution in [-0.4, -0.2) is 38.2 Å². The monoisotopic (exact) mass is 298 g/mol. The van der Waals surface area contributed by atoms with Crippen molar-refractivity contribution in [3.8, 4) is 0 Å². The fraction of sp³-hybridized carbons (Fsp3) is 0.636. The van der Waals surface area contributed by atoms with Crippen LogP contribution in [0.5, 0.6) is 0 Å². The number of imide groups is 1. The van der Waals surface area contributed by atoms with Gasteiger partial charge < -0.3 is 5.73 Å². The number of amides is 2. The topological polar surface area (TPSA) is 89.2 Å². The van der Waals surface area contributed by atoms with Gasteiger partial charge in [0, 0.05) is 12.5 Å². The van der Waals surface area contributed by atoms with Crippen LogP contribution in [0.3, 0.4) is 0 Å².